The molecule has 2 aliphatic rings. The molecular formula is C15H18ClFO2. The molecule has 2 nitrogen and oxygen atoms in total. The van der Waals surface area contributed by atoms with E-state index in [1.165, 1.54) is 6.07 Å². The highest BCUT2D eigenvalue weighted by atomic mass is 35.5. The Morgan fingerprint density at radius 3 is 3.00 bits per heavy atom. The first-order chi connectivity index (χ1) is 9.13. The van der Waals surface area contributed by atoms with Crippen LogP contribution in [0.5, 0.6) is 5.75 Å². The maximum Gasteiger partial charge on any atom is 0.123 e. The summed E-state index contributed by atoms with van der Waals surface area (Å²) in [5.74, 6) is 1.19. The smallest absolute Gasteiger partial charge is 0.123 e. The zero-order valence-corrected chi connectivity index (χ0v) is 11.8. The van der Waals surface area contributed by atoms with Crippen molar-refractivity contribution in [3.8, 4) is 5.75 Å². The van der Waals surface area contributed by atoms with Gasteiger partial charge in [0.1, 0.15) is 17.7 Å². The van der Waals surface area contributed by atoms with E-state index >= 15 is 0 Å². The lowest BCUT2D eigenvalue weighted by atomic mass is 9.78. The molecule has 0 radical (unpaired) electrons. The minimum Gasteiger partial charge on any atom is -0.490 e. The van der Waals surface area contributed by atoms with Gasteiger partial charge in [-0.05, 0) is 38.0 Å². The molecule has 2 heterocycles. The van der Waals surface area contributed by atoms with Gasteiger partial charge in [0.2, 0.25) is 0 Å². The molecule has 0 bridgehead atoms. The summed E-state index contributed by atoms with van der Waals surface area (Å²) in [6.07, 6.45) is 2.85. The highest BCUT2D eigenvalue weighted by molar-refractivity contribution is 6.18. The maximum atomic E-state index is 13.2. The van der Waals surface area contributed by atoms with Crippen molar-refractivity contribution in [1.82, 2.24) is 0 Å². The molecule has 0 spiro atoms. The van der Waals surface area contributed by atoms with E-state index in [0.29, 0.717) is 5.88 Å². The van der Waals surface area contributed by atoms with Crippen molar-refractivity contribution in [3.05, 3.63) is 29.6 Å². The molecule has 2 aliphatic heterocycles. The second kappa shape index (κ2) is 4.95. The van der Waals surface area contributed by atoms with E-state index in [1.807, 2.05) is 0 Å². The summed E-state index contributed by atoms with van der Waals surface area (Å²) in [5.41, 5.74) is 0.952. The van der Waals surface area contributed by atoms with Crippen LogP contribution in [0.25, 0.3) is 0 Å². The van der Waals surface area contributed by atoms with E-state index in [9.17, 15) is 4.39 Å². The third-order valence-electron chi connectivity index (χ3n) is 4.49. The Morgan fingerprint density at radius 2 is 2.32 bits per heavy atom. The standard InChI is InChI=1S/C15H18ClFO2/c1-10-15(9-16,4-5-18-10)8-13-7-11-6-12(17)2-3-14(11)19-13/h2-3,6,10,13H,4-5,7-9H2,1H3. The van der Waals surface area contributed by atoms with Gasteiger partial charge in [-0.1, -0.05) is 0 Å². The topological polar surface area (TPSA) is 18.5 Å². The molecule has 0 aliphatic carbocycles. The van der Waals surface area contributed by atoms with Gasteiger partial charge in [0.25, 0.3) is 0 Å². The summed E-state index contributed by atoms with van der Waals surface area (Å²) < 4.78 is 24.8. The van der Waals surface area contributed by atoms with Crippen LogP contribution in [0.3, 0.4) is 0 Å². The van der Waals surface area contributed by atoms with E-state index in [4.69, 9.17) is 21.1 Å². The summed E-state index contributed by atoms with van der Waals surface area (Å²) in [6.45, 7) is 2.85. The predicted molar refractivity (Wildman–Crippen MR) is 72.3 cm³/mol. The Kier molecular flexibility index (Phi) is 3.44. The molecule has 3 unspecified atom stereocenters. The van der Waals surface area contributed by atoms with Crippen molar-refractivity contribution in [3.63, 3.8) is 0 Å². The largest absolute Gasteiger partial charge is 0.490 e. The quantitative estimate of drug-likeness (QED) is 0.790. The normalized spacial score (nSPS) is 33.2. The predicted octanol–water partition coefficient (Wildman–Crippen LogP) is 3.55. The number of hydrogen-bond acceptors (Lipinski definition) is 2. The SMILES string of the molecule is CC1OCCC1(CCl)CC1Cc2cc(F)ccc2O1. The fraction of sp³-hybridized carbons (Fsp3) is 0.600. The molecule has 0 saturated carbocycles. The van der Waals surface area contributed by atoms with Crippen LogP contribution in [-0.2, 0) is 11.2 Å². The molecular weight excluding hydrogens is 267 g/mol. The molecule has 3 atom stereocenters. The molecule has 0 aromatic heterocycles. The van der Waals surface area contributed by atoms with E-state index in [0.717, 1.165) is 37.2 Å². The van der Waals surface area contributed by atoms with E-state index in [-0.39, 0.29) is 23.4 Å². The highest BCUT2D eigenvalue weighted by Crippen LogP contribution is 2.43. The highest BCUT2D eigenvalue weighted by Gasteiger charge is 2.44. The first-order valence-corrected chi connectivity index (χ1v) is 7.29. The minimum absolute atomic E-state index is 0.00713. The van der Waals surface area contributed by atoms with Crippen LogP contribution in [0.1, 0.15) is 25.3 Å². The van der Waals surface area contributed by atoms with E-state index in [2.05, 4.69) is 6.92 Å². The van der Waals surface area contributed by atoms with Crippen molar-refractivity contribution in [2.45, 2.75) is 38.4 Å². The van der Waals surface area contributed by atoms with Gasteiger partial charge in [-0.3, -0.25) is 0 Å². The Balaban J connectivity index is 1.73. The fourth-order valence-electron chi connectivity index (χ4n) is 3.17. The van der Waals surface area contributed by atoms with Crippen LogP contribution < -0.4 is 4.74 Å². The number of halogens is 2. The van der Waals surface area contributed by atoms with Gasteiger partial charge in [0.05, 0.1) is 6.10 Å². The van der Waals surface area contributed by atoms with Crippen LogP contribution in [0, 0.1) is 11.2 Å². The van der Waals surface area contributed by atoms with Crippen molar-refractivity contribution in [2.24, 2.45) is 5.41 Å². The van der Waals surface area contributed by atoms with Crippen molar-refractivity contribution in [1.29, 1.82) is 0 Å². The van der Waals surface area contributed by atoms with E-state index in [1.54, 1.807) is 12.1 Å². The zero-order valence-electron chi connectivity index (χ0n) is 11.0. The second-order valence-electron chi connectivity index (χ2n) is 5.66. The van der Waals surface area contributed by atoms with Crippen molar-refractivity contribution < 1.29 is 13.9 Å². The first-order valence-electron chi connectivity index (χ1n) is 6.76. The summed E-state index contributed by atoms with van der Waals surface area (Å²) in [7, 11) is 0. The molecule has 3 rings (SSSR count). The fourth-order valence-corrected chi connectivity index (χ4v) is 3.63. The molecule has 104 valence electrons. The third kappa shape index (κ3) is 2.34. The van der Waals surface area contributed by atoms with Gasteiger partial charge in [0, 0.05) is 29.9 Å². The third-order valence-corrected chi connectivity index (χ3v) is 5.03. The number of alkyl halides is 1. The van der Waals surface area contributed by atoms with Crippen molar-refractivity contribution >= 4 is 11.6 Å². The van der Waals surface area contributed by atoms with Gasteiger partial charge in [-0.25, -0.2) is 4.39 Å². The van der Waals surface area contributed by atoms with E-state index < -0.39 is 0 Å². The number of benzene rings is 1. The molecule has 1 fully saturated rings. The maximum absolute atomic E-state index is 13.2. The number of fused-ring (bicyclic) bond motifs is 1. The Morgan fingerprint density at radius 1 is 1.47 bits per heavy atom. The Bertz CT molecular complexity index is 479. The molecule has 19 heavy (non-hydrogen) atoms. The summed E-state index contributed by atoms with van der Waals surface area (Å²) in [5, 5.41) is 0. The van der Waals surface area contributed by atoms with Crippen LogP contribution in [0.15, 0.2) is 18.2 Å². The molecule has 1 aromatic rings. The molecule has 0 N–H and O–H groups in total. The second-order valence-corrected chi connectivity index (χ2v) is 5.93. The van der Waals surface area contributed by atoms with Gasteiger partial charge in [-0.2, -0.15) is 0 Å². The van der Waals surface area contributed by atoms with Gasteiger partial charge < -0.3 is 9.47 Å². The first kappa shape index (κ1) is 13.2. The van der Waals surface area contributed by atoms with Crippen LogP contribution in [-0.4, -0.2) is 24.7 Å². The lowest BCUT2D eigenvalue weighted by Crippen LogP contribution is -2.36. The lowest BCUT2D eigenvalue weighted by Gasteiger charge is -2.32. The van der Waals surface area contributed by atoms with Crippen LogP contribution in [0.2, 0.25) is 0 Å². The average molecular weight is 285 g/mol. The molecule has 1 aromatic carbocycles. The van der Waals surface area contributed by atoms with Crippen LogP contribution in [0.4, 0.5) is 4.39 Å². The Hall–Kier alpha value is -0.800. The van der Waals surface area contributed by atoms with Gasteiger partial charge in [0.15, 0.2) is 0 Å². The van der Waals surface area contributed by atoms with Crippen LogP contribution >= 0.6 is 11.6 Å². The summed E-state index contributed by atoms with van der Waals surface area (Å²) in [4.78, 5) is 0. The lowest BCUT2D eigenvalue weighted by molar-refractivity contribution is 0.0489. The summed E-state index contributed by atoms with van der Waals surface area (Å²) >= 11 is 6.18. The van der Waals surface area contributed by atoms with Gasteiger partial charge in [-0.15, -0.1) is 11.6 Å². The molecule has 0 amide bonds. The number of rotatable bonds is 3. The molecule has 1 saturated heterocycles. The van der Waals surface area contributed by atoms with Crippen molar-refractivity contribution in [2.75, 3.05) is 12.5 Å². The average Bonchev–Trinajstić information content (AvgIpc) is 2.94. The monoisotopic (exact) mass is 284 g/mol. The van der Waals surface area contributed by atoms with Gasteiger partial charge >= 0.3 is 0 Å². The number of hydrogen-bond donors (Lipinski definition) is 0. The number of ether oxygens (including phenoxy) is 2. The Labute approximate surface area is 117 Å². The zero-order chi connectivity index (χ0) is 13.5. The minimum atomic E-state index is -0.201. The molecule has 4 heteroatoms. The summed E-state index contributed by atoms with van der Waals surface area (Å²) in [6, 6.07) is 4.73.